The van der Waals surface area contributed by atoms with Crippen LogP contribution < -0.4 is 5.32 Å². The summed E-state index contributed by atoms with van der Waals surface area (Å²) in [7, 11) is 0. The molecule has 2 N–H and O–H groups in total. The SMILES string of the molecule is C#C[C@@]1(CO)CCCNC1=O. The Hall–Kier alpha value is -1.01. The van der Waals surface area contributed by atoms with E-state index in [1.165, 1.54) is 0 Å². The molecule has 1 saturated heterocycles. The van der Waals surface area contributed by atoms with Crippen molar-refractivity contribution in [3.63, 3.8) is 0 Å². The van der Waals surface area contributed by atoms with Crippen molar-refractivity contribution >= 4 is 5.91 Å². The number of terminal acetylenes is 1. The molecule has 3 nitrogen and oxygen atoms in total. The van der Waals surface area contributed by atoms with Crippen LogP contribution in [0.15, 0.2) is 0 Å². The highest BCUT2D eigenvalue weighted by atomic mass is 16.3. The molecule has 0 aromatic heterocycles. The van der Waals surface area contributed by atoms with E-state index < -0.39 is 5.41 Å². The largest absolute Gasteiger partial charge is 0.394 e. The van der Waals surface area contributed by atoms with E-state index in [0.717, 1.165) is 6.42 Å². The molecular weight excluding hydrogens is 142 g/mol. The van der Waals surface area contributed by atoms with Gasteiger partial charge in [-0.2, -0.15) is 0 Å². The van der Waals surface area contributed by atoms with Crippen molar-refractivity contribution in [2.24, 2.45) is 5.41 Å². The van der Waals surface area contributed by atoms with Gasteiger partial charge in [-0.15, -0.1) is 6.42 Å². The number of carbonyl (C=O) groups is 1. The first-order valence-corrected chi connectivity index (χ1v) is 3.62. The van der Waals surface area contributed by atoms with Crippen LogP contribution in [0.1, 0.15) is 12.8 Å². The molecule has 1 amide bonds. The minimum atomic E-state index is -0.946. The number of hydrogen-bond donors (Lipinski definition) is 2. The number of piperidine rings is 1. The maximum absolute atomic E-state index is 11.2. The number of rotatable bonds is 1. The third-order valence-corrected chi connectivity index (χ3v) is 2.05. The molecular formula is C8H11NO2. The fourth-order valence-corrected chi connectivity index (χ4v) is 1.21. The van der Waals surface area contributed by atoms with E-state index in [0.29, 0.717) is 13.0 Å². The average molecular weight is 153 g/mol. The lowest BCUT2D eigenvalue weighted by molar-refractivity contribution is -0.132. The summed E-state index contributed by atoms with van der Waals surface area (Å²) in [6, 6.07) is 0. The highest BCUT2D eigenvalue weighted by Crippen LogP contribution is 2.25. The fourth-order valence-electron chi connectivity index (χ4n) is 1.21. The Balaban J connectivity index is 2.80. The molecule has 0 spiro atoms. The Labute approximate surface area is 65.8 Å². The maximum atomic E-state index is 11.2. The van der Waals surface area contributed by atoms with E-state index in [4.69, 9.17) is 11.5 Å². The van der Waals surface area contributed by atoms with E-state index in [-0.39, 0.29) is 12.5 Å². The molecule has 1 heterocycles. The lowest BCUT2D eigenvalue weighted by Gasteiger charge is -2.29. The molecule has 3 heteroatoms. The Kier molecular flexibility index (Phi) is 2.16. The number of amides is 1. The number of carbonyl (C=O) groups excluding carboxylic acids is 1. The van der Waals surface area contributed by atoms with Gasteiger partial charge in [0, 0.05) is 6.54 Å². The van der Waals surface area contributed by atoms with Gasteiger partial charge in [0.25, 0.3) is 0 Å². The second-order valence-corrected chi connectivity index (χ2v) is 2.74. The number of aliphatic hydroxyl groups is 1. The first-order valence-electron chi connectivity index (χ1n) is 3.62. The molecule has 0 aromatic rings. The summed E-state index contributed by atoms with van der Waals surface area (Å²) in [5.74, 6) is 2.14. The Morgan fingerprint density at radius 3 is 2.91 bits per heavy atom. The Bertz CT molecular complexity index is 207. The molecule has 0 saturated carbocycles. The summed E-state index contributed by atoms with van der Waals surface area (Å²) < 4.78 is 0. The van der Waals surface area contributed by atoms with Crippen molar-refractivity contribution in [2.75, 3.05) is 13.2 Å². The molecule has 1 aliphatic heterocycles. The van der Waals surface area contributed by atoms with E-state index in [1.54, 1.807) is 0 Å². The minimum absolute atomic E-state index is 0.214. The van der Waals surface area contributed by atoms with Gasteiger partial charge in [-0.1, -0.05) is 5.92 Å². The van der Waals surface area contributed by atoms with Crippen LogP contribution in [-0.4, -0.2) is 24.2 Å². The van der Waals surface area contributed by atoms with E-state index in [9.17, 15) is 4.79 Å². The van der Waals surface area contributed by atoms with Crippen molar-refractivity contribution in [1.82, 2.24) is 5.32 Å². The Morgan fingerprint density at radius 2 is 2.55 bits per heavy atom. The topological polar surface area (TPSA) is 49.3 Å². The molecule has 1 aliphatic rings. The van der Waals surface area contributed by atoms with Gasteiger partial charge in [0.15, 0.2) is 0 Å². The summed E-state index contributed by atoms with van der Waals surface area (Å²) in [5.41, 5.74) is -0.946. The predicted molar refractivity (Wildman–Crippen MR) is 40.6 cm³/mol. The zero-order valence-corrected chi connectivity index (χ0v) is 6.26. The molecule has 0 radical (unpaired) electrons. The van der Waals surface area contributed by atoms with Crippen LogP contribution >= 0.6 is 0 Å². The second-order valence-electron chi connectivity index (χ2n) is 2.74. The molecule has 0 aliphatic carbocycles. The van der Waals surface area contributed by atoms with Crippen LogP contribution in [0.2, 0.25) is 0 Å². The lowest BCUT2D eigenvalue weighted by Crippen LogP contribution is -2.47. The van der Waals surface area contributed by atoms with Gasteiger partial charge in [0.1, 0.15) is 5.41 Å². The summed E-state index contributed by atoms with van der Waals surface area (Å²) in [4.78, 5) is 11.2. The highest BCUT2D eigenvalue weighted by molar-refractivity contribution is 5.86. The normalized spacial score (nSPS) is 30.7. The number of hydrogen-bond acceptors (Lipinski definition) is 2. The fraction of sp³-hybridized carbons (Fsp3) is 0.625. The van der Waals surface area contributed by atoms with Crippen LogP contribution in [0.3, 0.4) is 0 Å². The maximum Gasteiger partial charge on any atom is 0.240 e. The van der Waals surface area contributed by atoms with Crippen molar-refractivity contribution in [3.8, 4) is 12.3 Å². The summed E-state index contributed by atoms with van der Waals surface area (Å²) in [6.45, 7) is 0.414. The third-order valence-electron chi connectivity index (χ3n) is 2.05. The molecule has 60 valence electrons. The van der Waals surface area contributed by atoms with Gasteiger partial charge in [0.05, 0.1) is 6.61 Å². The van der Waals surface area contributed by atoms with Gasteiger partial charge in [-0.25, -0.2) is 0 Å². The molecule has 1 rings (SSSR count). The zero-order chi connectivity index (χ0) is 8.32. The standard InChI is InChI=1S/C8H11NO2/c1-2-8(6-10)4-3-5-9-7(8)11/h1,10H,3-6H2,(H,9,11)/t8-/m0/s1. The first kappa shape index (κ1) is 8.09. The number of nitrogens with one attached hydrogen (secondary N) is 1. The van der Waals surface area contributed by atoms with Crippen molar-refractivity contribution < 1.29 is 9.90 Å². The van der Waals surface area contributed by atoms with Crippen molar-refractivity contribution in [1.29, 1.82) is 0 Å². The molecule has 0 unspecified atom stereocenters. The first-order chi connectivity index (χ1) is 5.25. The summed E-state index contributed by atoms with van der Waals surface area (Å²) >= 11 is 0. The lowest BCUT2D eigenvalue weighted by atomic mass is 9.81. The smallest absolute Gasteiger partial charge is 0.240 e. The van der Waals surface area contributed by atoms with Gasteiger partial charge >= 0.3 is 0 Å². The average Bonchev–Trinajstić information content (AvgIpc) is 2.06. The monoisotopic (exact) mass is 153 g/mol. The minimum Gasteiger partial charge on any atom is -0.394 e. The Morgan fingerprint density at radius 1 is 1.82 bits per heavy atom. The van der Waals surface area contributed by atoms with Gasteiger partial charge < -0.3 is 10.4 Å². The van der Waals surface area contributed by atoms with Gasteiger partial charge in [-0.3, -0.25) is 4.79 Å². The van der Waals surface area contributed by atoms with Crippen molar-refractivity contribution in [2.45, 2.75) is 12.8 Å². The third kappa shape index (κ3) is 1.22. The highest BCUT2D eigenvalue weighted by Gasteiger charge is 2.37. The van der Waals surface area contributed by atoms with Gasteiger partial charge in [-0.05, 0) is 12.8 Å². The van der Waals surface area contributed by atoms with E-state index in [2.05, 4.69) is 11.2 Å². The predicted octanol–water partition coefficient (Wildman–Crippen LogP) is -0.492. The van der Waals surface area contributed by atoms with Crippen LogP contribution in [0, 0.1) is 17.8 Å². The molecule has 0 bridgehead atoms. The van der Waals surface area contributed by atoms with E-state index in [1.807, 2.05) is 0 Å². The van der Waals surface area contributed by atoms with Crippen LogP contribution in [0.5, 0.6) is 0 Å². The van der Waals surface area contributed by atoms with Crippen LogP contribution in [0.4, 0.5) is 0 Å². The quantitative estimate of drug-likeness (QED) is 0.499. The summed E-state index contributed by atoms with van der Waals surface area (Å²) in [5, 5.41) is 11.5. The van der Waals surface area contributed by atoms with E-state index >= 15 is 0 Å². The second kappa shape index (κ2) is 2.93. The summed E-state index contributed by atoms with van der Waals surface area (Å²) in [6.07, 6.45) is 6.60. The van der Waals surface area contributed by atoms with Crippen molar-refractivity contribution in [3.05, 3.63) is 0 Å². The zero-order valence-electron chi connectivity index (χ0n) is 6.26. The molecule has 0 aromatic carbocycles. The number of aliphatic hydroxyl groups excluding tert-OH is 1. The van der Waals surface area contributed by atoms with Gasteiger partial charge in [0.2, 0.25) is 5.91 Å². The molecule has 1 atom stereocenters. The van der Waals surface area contributed by atoms with Crippen LogP contribution in [-0.2, 0) is 4.79 Å². The molecule has 1 fully saturated rings. The molecule has 11 heavy (non-hydrogen) atoms. The van der Waals surface area contributed by atoms with Crippen LogP contribution in [0.25, 0.3) is 0 Å².